The highest BCUT2D eigenvalue weighted by molar-refractivity contribution is 6.29. The van der Waals surface area contributed by atoms with Gasteiger partial charge in [-0.05, 0) is 81.6 Å². The van der Waals surface area contributed by atoms with Crippen molar-refractivity contribution in [1.29, 1.82) is 0 Å². The van der Waals surface area contributed by atoms with Crippen LogP contribution in [0.3, 0.4) is 0 Å². The van der Waals surface area contributed by atoms with E-state index in [9.17, 15) is 19.1 Å². The van der Waals surface area contributed by atoms with Gasteiger partial charge in [-0.15, -0.1) is 0 Å². The molecule has 8 heteroatoms. The van der Waals surface area contributed by atoms with Gasteiger partial charge in [-0.1, -0.05) is 17.7 Å². The zero-order valence-electron chi connectivity index (χ0n) is 19.9. The second kappa shape index (κ2) is 9.15. The van der Waals surface area contributed by atoms with Gasteiger partial charge >= 0.3 is 5.97 Å². The van der Waals surface area contributed by atoms with Gasteiger partial charge in [-0.2, -0.15) is 0 Å². The second-order valence-electron chi connectivity index (χ2n) is 8.73. The molecule has 0 aliphatic carbocycles. The van der Waals surface area contributed by atoms with E-state index in [2.05, 4.69) is 10.3 Å². The van der Waals surface area contributed by atoms with Gasteiger partial charge < -0.3 is 14.8 Å². The highest BCUT2D eigenvalue weighted by atomic mass is 35.5. The fourth-order valence-electron chi connectivity index (χ4n) is 4.42. The molecule has 6 nitrogen and oxygen atoms in total. The minimum Gasteiger partial charge on any atom is -0.476 e. The third-order valence-corrected chi connectivity index (χ3v) is 6.23. The van der Waals surface area contributed by atoms with Gasteiger partial charge in [0.1, 0.15) is 22.3 Å². The summed E-state index contributed by atoms with van der Waals surface area (Å²) in [5.74, 6) is -1.19. The number of rotatable bonds is 5. The first-order valence-electron chi connectivity index (χ1n) is 11.0. The topological polar surface area (TPSA) is 92.4 Å². The Balaban J connectivity index is 1.93. The van der Waals surface area contributed by atoms with Crippen molar-refractivity contribution in [2.45, 2.75) is 40.7 Å². The smallest absolute Gasteiger partial charge is 0.356 e. The fraction of sp³-hybridized carbons (Fsp3) is 0.222. The predicted octanol–water partition coefficient (Wildman–Crippen LogP) is 6.75. The summed E-state index contributed by atoms with van der Waals surface area (Å²) in [6, 6.07) is 9.07. The number of benzene rings is 2. The number of anilines is 1. The monoisotopic (exact) mass is 494 g/mol. The minimum absolute atomic E-state index is 0.0674. The van der Waals surface area contributed by atoms with Crippen LogP contribution in [0.5, 0.6) is 0 Å². The number of aryl methyl sites for hydroxylation is 3. The van der Waals surface area contributed by atoms with Crippen molar-refractivity contribution in [3.05, 3.63) is 91.1 Å². The molecule has 0 bridgehead atoms. The first-order chi connectivity index (χ1) is 16.5. The molecule has 0 aliphatic rings. The number of halogens is 2. The van der Waals surface area contributed by atoms with E-state index < -0.39 is 12.0 Å². The number of carbonyl (C=O) groups is 1. The largest absolute Gasteiger partial charge is 0.476 e. The number of pyridine rings is 1. The Kier molecular flexibility index (Phi) is 6.38. The van der Waals surface area contributed by atoms with E-state index in [1.165, 1.54) is 18.2 Å². The number of hydrogen-bond acceptors (Lipinski definition) is 5. The van der Waals surface area contributed by atoms with Crippen LogP contribution in [0.25, 0.3) is 22.3 Å². The molecule has 35 heavy (non-hydrogen) atoms. The van der Waals surface area contributed by atoms with Crippen LogP contribution in [0.1, 0.15) is 51.3 Å². The van der Waals surface area contributed by atoms with Gasteiger partial charge in [-0.25, -0.2) is 14.2 Å². The summed E-state index contributed by atoms with van der Waals surface area (Å²) in [5, 5.41) is 13.2. The molecule has 2 aromatic heterocycles. The van der Waals surface area contributed by atoms with Crippen LogP contribution in [-0.4, -0.2) is 16.1 Å². The van der Waals surface area contributed by atoms with E-state index in [0.717, 1.165) is 5.56 Å². The van der Waals surface area contributed by atoms with Crippen molar-refractivity contribution in [1.82, 2.24) is 4.98 Å². The molecule has 0 saturated carbocycles. The molecule has 180 valence electrons. The number of hydrogen-bond donors (Lipinski definition) is 2. The summed E-state index contributed by atoms with van der Waals surface area (Å²) in [6.07, 6.45) is 0. The number of fused-ring (bicyclic) bond motifs is 1. The van der Waals surface area contributed by atoms with Crippen molar-refractivity contribution >= 4 is 34.2 Å². The van der Waals surface area contributed by atoms with Crippen molar-refractivity contribution in [2.24, 2.45) is 0 Å². The van der Waals surface area contributed by atoms with Gasteiger partial charge in [0.2, 0.25) is 0 Å². The first-order valence-corrected chi connectivity index (χ1v) is 11.4. The van der Waals surface area contributed by atoms with E-state index in [4.69, 9.17) is 16.0 Å². The Morgan fingerprint density at radius 2 is 1.77 bits per heavy atom. The van der Waals surface area contributed by atoms with E-state index in [0.29, 0.717) is 44.5 Å². The van der Waals surface area contributed by atoms with Crippen molar-refractivity contribution in [2.75, 3.05) is 5.32 Å². The average molecular weight is 495 g/mol. The lowest BCUT2D eigenvalue weighted by molar-refractivity contribution is 0.0691. The molecule has 2 N–H and O–H groups in total. The lowest BCUT2D eigenvalue weighted by Gasteiger charge is -2.20. The maximum atomic E-state index is 13.9. The van der Waals surface area contributed by atoms with Crippen molar-refractivity contribution < 1.29 is 18.7 Å². The van der Waals surface area contributed by atoms with Gasteiger partial charge in [0.25, 0.3) is 0 Å². The summed E-state index contributed by atoms with van der Waals surface area (Å²) in [7, 11) is 0. The van der Waals surface area contributed by atoms with Crippen LogP contribution >= 0.6 is 11.6 Å². The second-order valence-corrected chi connectivity index (χ2v) is 9.12. The Labute approximate surface area is 206 Å². The van der Waals surface area contributed by atoms with Gasteiger partial charge in [-0.3, -0.25) is 4.79 Å². The van der Waals surface area contributed by atoms with Crippen molar-refractivity contribution in [3.63, 3.8) is 0 Å². The Bertz CT molecular complexity index is 1540. The van der Waals surface area contributed by atoms with Crippen LogP contribution < -0.4 is 10.7 Å². The SMILES string of the molecule is Cc1cc([C@@H](C)Nc2ccc(Cl)nc2C(=O)O)c2oc(-c3c(C)cc(F)cc3C)c(C)c(=O)c2c1. The lowest BCUT2D eigenvalue weighted by atomic mass is 9.95. The van der Waals surface area contributed by atoms with Crippen LogP contribution in [0.4, 0.5) is 10.1 Å². The standard InChI is InChI=1S/C27H24ClFN2O4/c1-12-8-18(16(5)30-20-6-7-21(28)31-23(20)27(33)34)26-19(9-12)24(32)15(4)25(35-26)22-13(2)10-17(29)11-14(22)3/h6-11,16,30H,1-5H3,(H,33,34)/t16-/m1/s1. The highest BCUT2D eigenvalue weighted by Gasteiger charge is 2.22. The molecule has 0 unspecified atom stereocenters. The van der Waals surface area contributed by atoms with Gasteiger partial charge in [0.05, 0.1) is 17.1 Å². The quantitative estimate of drug-likeness (QED) is 0.298. The van der Waals surface area contributed by atoms with Crippen LogP contribution in [0.2, 0.25) is 5.15 Å². The number of carboxylic acid groups (broad SMARTS) is 1. The van der Waals surface area contributed by atoms with Crippen molar-refractivity contribution in [3.8, 4) is 11.3 Å². The lowest BCUT2D eigenvalue weighted by Crippen LogP contribution is -2.15. The summed E-state index contributed by atoms with van der Waals surface area (Å²) < 4.78 is 20.3. The number of nitrogens with zero attached hydrogens (tertiary/aromatic N) is 1. The van der Waals surface area contributed by atoms with Crippen LogP contribution in [-0.2, 0) is 0 Å². The molecular formula is C27H24ClFN2O4. The zero-order valence-corrected chi connectivity index (χ0v) is 20.7. The predicted molar refractivity (Wildman–Crippen MR) is 135 cm³/mol. The Hall–Kier alpha value is -3.71. The van der Waals surface area contributed by atoms with E-state index in [1.54, 1.807) is 32.9 Å². The highest BCUT2D eigenvalue weighted by Crippen LogP contribution is 2.35. The maximum Gasteiger partial charge on any atom is 0.356 e. The fourth-order valence-corrected chi connectivity index (χ4v) is 4.57. The van der Waals surface area contributed by atoms with E-state index >= 15 is 0 Å². The summed E-state index contributed by atoms with van der Waals surface area (Å²) in [4.78, 5) is 29.0. The van der Waals surface area contributed by atoms with E-state index in [1.807, 2.05) is 19.9 Å². The first kappa shape index (κ1) is 24.4. The number of nitrogens with one attached hydrogen (secondary N) is 1. The van der Waals surface area contributed by atoms with Gasteiger partial charge in [0.15, 0.2) is 11.1 Å². The van der Waals surface area contributed by atoms with E-state index in [-0.39, 0.29) is 27.8 Å². The molecule has 0 saturated heterocycles. The van der Waals surface area contributed by atoms with Crippen LogP contribution in [0.15, 0.2) is 45.6 Å². The normalized spacial score (nSPS) is 12.1. The third-order valence-electron chi connectivity index (χ3n) is 6.02. The molecule has 4 rings (SSSR count). The molecule has 2 aromatic carbocycles. The molecule has 0 fully saturated rings. The summed E-state index contributed by atoms with van der Waals surface area (Å²) >= 11 is 5.88. The molecule has 4 aromatic rings. The molecule has 0 aliphatic heterocycles. The molecule has 0 radical (unpaired) electrons. The molecular weight excluding hydrogens is 471 g/mol. The summed E-state index contributed by atoms with van der Waals surface area (Å²) in [5.41, 5.74) is 4.21. The Morgan fingerprint density at radius 1 is 1.11 bits per heavy atom. The minimum atomic E-state index is -1.22. The molecule has 0 amide bonds. The molecule has 1 atom stereocenters. The average Bonchev–Trinajstić information content (AvgIpc) is 2.77. The molecule has 0 spiro atoms. The number of aromatic nitrogens is 1. The number of aromatic carboxylic acids is 1. The number of carboxylic acids is 1. The molecule has 2 heterocycles. The van der Waals surface area contributed by atoms with Gasteiger partial charge in [0, 0.05) is 16.7 Å². The third kappa shape index (κ3) is 4.51. The Morgan fingerprint density at radius 3 is 2.40 bits per heavy atom. The maximum absolute atomic E-state index is 13.9. The summed E-state index contributed by atoms with van der Waals surface area (Å²) in [6.45, 7) is 8.96. The van der Waals surface area contributed by atoms with Crippen LogP contribution in [0, 0.1) is 33.5 Å². The zero-order chi connectivity index (χ0) is 25.6.